The Labute approximate surface area is 85.0 Å². The van der Waals surface area contributed by atoms with Gasteiger partial charge in [0.1, 0.15) is 5.82 Å². The SMILES string of the molecule is CCCCN(C)c1cc(C#N)ccn1. The Bertz CT molecular complexity index is 328. The summed E-state index contributed by atoms with van der Waals surface area (Å²) in [7, 11) is 2.00. The minimum atomic E-state index is 0.665. The van der Waals surface area contributed by atoms with E-state index >= 15 is 0 Å². The maximum Gasteiger partial charge on any atom is 0.129 e. The number of aromatic nitrogens is 1. The number of anilines is 1. The van der Waals surface area contributed by atoms with Crippen LogP contribution in [0.25, 0.3) is 0 Å². The summed E-state index contributed by atoms with van der Waals surface area (Å²) in [5.41, 5.74) is 0.665. The fraction of sp³-hybridized carbons (Fsp3) is 0.455. The van der Waals surface area contributed by atoms with E-state index in [1.54, 1.807) is 12.3 Å². The summed E-state index contributed by atoms with van der Waals surface area (Å²) in [4.78, 5) is 6.29. The van der Waals surface area contributed by atoms with E-state index in [9.17, 15) is 0 Å². The van der Waals surface area contributed by atoms with Crippen LogP contribution in [0.15, 0.2) is 18.3 Å². The largest absolute Gasteiger partial charge is 0.360 e. The number of nitrogens with zero attached hydrogens (tertiary/aromatic N) is 3. The van der Waals surface area contributed by atoms with Gasteiger partial charge in [0, 0.05) is 19.8 Å². The molecule has 1 aromatic rings. The Balaban J connectivity index is 2.70. The standard InChI is InChI=1S/C11H15N3/c1-3-4-7-14(2)11-8-10(9-12)5-6-13-11/h5-6,8H,3-4,7H2,1-2H3. The second-order valence-electron chi connectivity index (χ2n) is 3.29. The van der Waals surface area contributed by atoms with Gasteiger partial charge in [0.15, 0.2) is 0 Å². The average molecular weight is 189 g/mol. The highest BCUT2D eigenvalue weighted by Gasteiger charge is 2.01. The highest BCUT2D eigenvalue weighted by atomic mass is 15.2. The lowest BCUT2D eigenvalue weighted by molar-refractivity contribution is 0.759. The molecule has 0 saturated carbocycles. The summed E-state index contributed by atoms with van der Waals surface area (Å²) in [5.74, 6) is 0.873. The highest BCUT2D eigenvalue weighted by Crippen LogP contribution is 2.10. The molecule has 14 heavy (non-hydrogen) atoms. The zero-order valence-electron chi connectivity index (χ0n) is 8.70. The third-order valence-electron chi connectivity index (χ3n) is 2.11. The first kappa shape index (κ1) is 10.5. The van der Waals surface area contributed by atoms with Crippen molar-refractivity contribution in [1.29, 1.82) is 5.26 Å². The average Bonchev–Trinajstić information content (AvgIpc) is 2.26. The fourth-order valence-corrected chi connectivity index (χ4v) is 1.21. The summed E-state index contributed by atoms with van der Waals surface area (Å²) in [6.07, 6.45) is 3.99. The van der Waals surface area contributed by atoms with Crippen LogP contribution in [-0.2, 0) is 0 Å². The maximum absolute atomic E-state index is 8.72. The van der Waals surface area contributed by atoms with Gasteiger partial charge in [0.2, 0.25) is 0 Å². The lowest BCUT2D eigenvalue weighted by Crippen LogP contribution is -2.19. The van der Waals surface area contributed by atoms with Crippen molar-refractivity contribution < 1.29 is 0 Å². The summed E-state index contributed by atoms with van der Waals surface area (Å²) in [6.45, 7) is 3.14. The van der Waals surface area contributed by atoms with E-state index in [2.05, 4.69) is 22.9 Å². The molecular formula is C11H15N3. The van der Waals surface area contributed by atoms with Gasteiger partial charge in [-0.3, -0.25) is 0 Å². The number of nitriles is 1. The number of pyridine rings is 1. The zero-order chi connectivity index (χ0) is 10.4. The van der Waals surface area contributed by atoms with Crippen LogP contribution in [0.1, 0.15) is 25.3 Å². The molecule has 0 radical (unpaired) electrons. The number of unbranched alkanes of at least 4 members (excludes halogenated alkanes) is 1. The van der Waals surface area contributed by atoms with E-state index in [0.29, 0.717) is 5.56 Å². The van der Waals surface area contributed by atoms with Gasteiger partial charge >= 0.3 is 0 Å². The molecule has 0 aliphatic rings. The minimum absolute atomic E-state index is 0.665. The van der Waals surface area contributed by atoms with E-state index in [1.165, 1.54) is 6.42 Å². The van der Waals surface area contributed by atoms with Crippen molar-refractivity contribution in [3.8, 4) is 6.07 Å². The highest BCUT2D eigenvalue weighted by molar-refractivity contribution is 5.44. The smallest absolute Gasteiger partial charge is 0.129 e. The fourth-order valence-electron chi connectivity index (χ4n) is 1.21. The van der Waals surface area contributed by atoms with Gasteiger partial charge in [-0.2, -0.15) is 5.26 Å². The third-order valence-corrected chi connectivity index (χ3v) is 2.11. The van der Waals surface area contributed by atoms with Crippen molar-refractivity contribution in [2.24, 2.45) is 0 Å². The zero-order valence-corrected chi connectivity index (χ0v) is 8.70. The molecule has 3 nitrogen and oxygen atoms in total. The van der Waals surface area contributed by atoms with Gasteiger partial charge in [-0.15, -0.1) is 0 Å². The van der Waals surface area contributed by atoms with E-state index < -0.39 is 0 Å². The molecule has 0 aliphatic carbocycles. The van der Waals surface area contributed by atoms with E-state index in [-0.39, 0.29) is 0 Å². The second-order valence-corrected chi connectivity index (χ2v) is 3.29. The number of rotatable bonds is 4. The molecule has 0 unspecified atom stereocenters. The number of hydrogen-bond acceptors (Lipinski definition) is 3. The van der Waals surface area contributed by atoms with Crippen molar-refractivity contribution in [3.05, 3.63) is 23.9 Å². The van der Waals surface area contributed by atoms with Crippen LogP contribution in [-0.4, -0.2) is 18.6 Å². The van der Waals surface area contributed by atoms with Crippen molar-refractivity contribution >= 4 is 5.82 Å². The molecule has 0 spiro atoms. The van der Waals surface area contributed by atoms with E-state index in [1.807, 2.05) is 13.1 Å². The predicted octanol–water partition coefficient (Wildman–Crippen LogP) is 2.19. The van der Waals surface area contributed by atoms with Crippen molar-refractivity contribution in [2.75, 3.05) is 18.5 Å². The Morgan fingerprint density at radius 2 is 2.36 bits per heavy atom. The molecule has 1 aromatic heterocycles. The normalized spacial score (nSPS) is 9.50. The van der Waals surface area contributed by atoms with Crippen LogP contribution < -0.4 is 4.90 Å². The first-order valence-corrected chi connectivity index (χ1v) is 4.85. The lowest BCUT2D eigenvalue weighted by Gasteiger charge is -2.17. The van der Waals surface area contributed by atoms with Crippen molar-refractivity contribution in [2.45, 2.75) is 19.8 Å². The molecule has 1 rings (SSSR count). The Kier molecular flexibility index (Phi) is 3.93. The van der Waals surface area contributed by atoms with Crippen molar-refractivity contribution in [3.63, 3.8) is 0 Å². The summed E-state index contributed by atoms with van der Waals surface area (Å²) < 4.78 is 0. The van der Waals surface area contributed by atoms with Crippen LogP contribution >= 0.6 is 0 Å². The minimum Gasteiger partial charge on any atom is -0.360 e. The maximum atomic E-state index is 8.72. The first-order valence-electron chi connectivity index (χ1n) is 4.85. The topological polar surface area (TPSA) is 39.9 Å². The second kappa shape index (κ2) is 5.23. The Morgan fingerprint density at radius 3 is 3.00 bits per heavy atom. The molecule has 0 aromatic carbocycles. The number of hydrogen-bond donors (Lipinski definition) is 0. The van der Waals surface area contributed by atoms with Gasteiger partial charge in [0.25, 0.3) is 0 Å². The third kappa shape index (κ3) is 2.74. The van der Waals surface area contributed by atoms with Crippen LogP contribution in [0.5, 0.6) is 0 Å². The predicted molar refractivity (Wildman–Crippen MR) is 57.1 cm³/mol. The van der Waals surface area contributed by atoms with Crippen LogP contribution in [0.2, 0.25) is 0 Å². The molecule has 74 valence electrons. The molecule has 1 heterocycles. The molecule has 0 bridgehead atoms. The van der Waals surface area contributed by atoms with Crippen LogP contribution in [0.3, 0.4) is 0 Å². The monoisotopic (exact) mass is 189 g/mol. The molecule has 0 fully saturated rings. The molecule has 0 atom stereocenters. The van der Waals surface area contributed by atoms with Crippen LogP contribution in [0, 0.1) is 11.3 Å². The van der Waals surface area contributed by atoms with Gasteiger partial charge in [-0.1, -0.05) is 13.3 Å². The molecule has 0 amide bonds. The Hall–Kier alpha value is -1.56. The van der Waals surface area contributed by atoms with Gasteiger partial charge in [-0.05, 0) is 18.6 Å². The van der Waals surface area contributed by atoms with Gasteiger partial charge in [-0.25, -0.2) is 4.98 Å². The quantitative estimate of drug-likeness (QED) is 0.729. The summed E-state index contributed by atoms with van der Waals surface area (Å²) in [6, 6.07) is 5.65. The van der Waals surface area contributed by atoms with E-state index in [4.69, 9.17) is 5.26 Å². The molecule has 3 heteroatoms. The molecule has 0 saturated heterocycles. The molecule has 0 N–H and O–H groups in total. The van der Waals surface area contributed by atoms with Gasteiger partial charge < -0.3 is 4.90 Å². The van der Waals surface area contributed by atoms with Crippen LogP contribution in [0.4, 0.5) is 5.82 Å². The van der Waals surface area contributed by atoms with Gasteiger partial charge in [0.05, 0.1) is 11.6 Å². The lowest BCUT2D eigenvalue weighted by atomic mass is 10.2. The molecular weight excluding hydrogens is 174 g/mol. The van der Waals surface area contributed by atoms with Crippen molar-refractivity contribution in [1.82, 2.24) is 4.98 Å². The Morgan fingerprint density at radius 1 is 1.57 bits per heavy atom. The molecule has 0 aliphatic heterocycles. The summed E-state index contributed by atoms with van der Waals surface area (Å²) >= 11 is 0. The van der Waals surface area contributed by atoms with E-state index in [0.717, 1.165) is 18.8 Å². The summed E-state index contributed by atoms with van der Waals surface area (Å²) in [5, 5.41) is 8.72. The first-order chi connectivity index (χ1) is 6.77.